The fraction of sp³-hybridized carbons (Fsp3) is 0.0714. The van der Waals surface area contributed by atoms with E-state index in [1.807, 2.05) is 18.2 Å². The van der Waals surface area contributed by atoms with Gasteiger partial charge < -0.3 is 14.6 Å². The fourth-order valence-corrected chi connectivity index (χ4v) is 1.90. The molecular weight excluding hydrogens is 232 g/mol. The number of aldehydes is 1. The van der Waals surface area contributed by atoms with Crippen molar-refractivity contribution in [2.24, 2.45) is 0 Å². The number of aromatic hydroxyl groups is 1. The van der Waals surface area contributed by atoms with Crippen molar-refractivity contribution in [3.8, 4) is 28.4 Å². The zero-order valence-corrected chi connectivity index (χ0v) is 9.42. The molecule has 1 aliphatic rings. The van der Waals surface area contributed by atoms with E-state index in [-0.39, 0.29) is 18.1 Å². The smallest absolute Gasteiger partial charge is 0.231 e. The molecule has 0 saturated carbocycles. The normalized spacial score (nSPS) is 12.4. The van der Waals surface area contributed by atoms with E-state index in [0.717, 1.165) is 11.1 Å². The summed E-state index contributed by atoms with van der Waals surface area (Å²) in [5, 5.41) is 9.46. The lowest BCUT2D eigenvalue weighted by molar-refractivity contribution is 0.112. The Balaban J connectivity index is 2.07. The Morgan fingerprint density at radius 1 is 1.00 bits per heavy atom. The SMILES string of the molecule is O=Cc1cc(-c2ccc3c(c2)OCO3)ccc1O. The second kappa shape index (κ2) is 4.07. The zero-order chi connectivity index (χ0) is 12.5. The topological polar surface area (TPSA) is 55.8 Å². The molecule has 0 radical (unpaired) electrons. The third kappa shape index (κ3) is 1.68. The first-order valence-corrected chi connectivity index (χ1v) is 5.46. The maximum absolute atomic E-state index is 10.8. The first-order valence-electron chi connectivity index (χ1n) is 5.46. The van der Waals surface area contributed by atoms with Gasteiger partial charge in [0.05, 0.1) is 5.56 Å². The maximum Gasteiger partial charge on any atom is 0.231 e. The van der Waals surface area contributed by atoms with Crippen molar-refractivity contribution >= 4 is 6.29 Å². The minimum Gasteiger partial charge on any atom is -0.507 e. The van der Waals surface area contributed by atoms with Crippen LogP contribution in [0.15, 0.2) is 36.4 Å². The van der Waals surface area contributed by atoms with E-state index in [4.69, 9.17) is 9.47 Å². The highest BCUT2D eigenvalue weighted by Crippen LogP contribution is 2.36. The fourth-order valence-electron chi connectivity index (χ4n) is 1.90. The molecule has 1 heterocycles. The molecule has 0 fully saturated rings. The lowest BCUT2D eigenvalue weighted by Crippen LogP contribution is -1.92. The molecular formula is C14H10O4. The van der Waals surface area contributed by atoms with Crippen LogP contribution in [0.1, 0.15) is 10.4 Å². The van der Waals surface area contributed by atoms with Crippen LogP contribution in [0, 0.1) is 0 Å². The molecule has 0 spiro atoms. The summed E-state index contributed by atoms with van der Waals surface area (Å²) in [5.41, 5.74) is 2.01. The quantitative estimate of drug-likeness (QED) is 0.822. The summed E-state index contributed by atoms with van der Waals surface area (Å²) in [6.45, 7) is 0.230. The van der Waals surface area contributed by atoms with Gasteiger partial charge in [0.1, 0.15) is 5.75 Å². The molecule has 1 N–H and O–H groups in total. The van der Waals surface area contributed by atoms with E-state index in [9.17, 15) is 9.90 Å². The van der Waals surface area contributed by atoms with Gasteiger partial charge in [-0.15, -0.1) is 0 Å². The molecule has 0 atom stereocenters. The number of phenolic OH excluding ortho intramolecular Hbond substituents is 1. The first kappa shape index (κ1) is 10.7. The Morgan fingerprint density at radius 2 is 1.72 bits per heavy atom. The van der Waals surface area contributed by atoms with Crippen LogP contribution in [0.5, 0.6) is 17.2 Å². The highest BCUT2D eigenvalue weighted by molar-refractivity contribution is 5.83. The van der Waals surface area contributed by atoms with Crippen molar-refractivity contribution in [3.05, 3.63) is 42.0 Å². The van der Waals surface area contributed by atoms with E-state index < -0.39 is 0 Å². The largest absolute Gasteiger partial charge is 0.507 e. The van der Waals surface area contributed by atoms with Gasteiger partial charge in [-0.3, -0.25) is 4.79 Å². The summed E-state index contributed by atoms with van der Waals surface area (Å²) in [5.74, 6) is 1.39. The number of fused-ring (bicyclic) bond motifs is 1. The van der Waals surface area contributed by atoms with Crippen molar-refractivity contribution in [3.63, 3.8) is 0 Å². The molecule has 3 rings (SSSR count). The van der Waals surface area contributed by atoms with Crippen LogP contribution in [0.25, 0.3) is 11.1 Å². The summed E-state index contributed by atoms with van der Waals surface area (Å²) >= 11 is 0. The molecule has 90 valence electrons. The van der Waals surface area contributed by atoms with Crippen molar-refractivity contribution in [1.82, 2.24) is 0 Å². The first-order chi connectivity index (χ1) is 8.78. The number of rotatable bonds is 2. The molecule has 0 amide bonds. The average molecular weight is 242 g/mol. The Hall–Kier alpha value is -2.49. The van der Waals surface area contributed by atoms with Crippen molar-refractivity contribution < 1.29 is 19.4 Å². The van der Waals surface area contributed by atoms with Gasteiger partial charge in [-0.1, -0.05) is 12.1 Å². The summed E-state index contributed by atoms with van der Waals surface area (Å²) < 4.78 is 10.5. The van der Waals surface area contributed by atoms with Crippen LogP contribution in [0.4, 0.5) is 0 Å². The van der Waals surface area contributed by atoms with Crippen molar-refractivity contribution in [1.29, 1.82) is 0 Å². The number of carbonyl (C=O) groups is 1. The monoisotopic (exact) mass is 242 g/mol. The van der Waals surface area contributed by atoms with Crippen LogP contribution < -0.4 is 9.47 Å². The number of phenols is 1. The Labute approximate surface area is 103 Å². The number of carbonyl (C=O) groups excluding carboxylic acids is 1. The van der Waals surface area contributed by atoms with Crippen LogP contribution >= 0.6 is 0 Å². The summed E-state index contributed by atoms with van der Waals surface area (Å²) in [6.07, 6.45) is 0.631. The molecule has 2 aromatic rings. The van der Waals surface area contributed by atoms with Gasteiger partial charge in [0.2, 0.25) is 6.79 Å². The second-order valence-corrected chi connectivity index (χ2v) is 3.96. The predicted molar refractivity (Wildman–Crippen MR) is 65.1 cm³/mol. The third-order valence-electron chi connectivity index (χ3n) is 2.86. The molecule has 2 aromatic carbocycles. The van der Waals surface area contributed by atoms with E-state index in [0.29, 0.717) is 17.8 Å². The van der Waals surface area contributed by atoms with Gasteiger partial charge in [0.25, 0.3) is 0 Å². The lowest BCUT2D eigenvalue weighted by Gasteiger charge is -2.05. The minimum absolute atomic E-state index is 0.0190. The van der Waals surface area contributed by atoms with Crippen LogP contribution in [0.3, 0.4) is 0 Å². The van der Waals surface area contributed by atoms with Crippen LogP contribution in [-0.2, 0) is 0 Å². The molecule has 4 nitrogen and oxygen atoms in total. The molecule has 0 saturated heterocycles. The zero-order valence-electron chi connectivity index (χ0n) is 9.42. The van der Waals surface area contributed by atoms with E-state index in [1.165, 1.54) is 6.07 Å². The van der Waals surface area contributed by atoms with Gasteiger partial charge in [-0.25, -0.2) is 0 Å². The molecule has 1 aliphatic heterocycles. The van der Waals surface area contributed by atoms with Crippen LogP contribution in [-0.4, -0.2) is 18.2 Å². The highest BCUT2D eigenvalue weighted by Gasteiger charge is 2.14. The number of ether oxygens (including phenoxy) is 2. The van der Waals surface area contributed by atoms with E-state index in [2.05, 4.69) is 0 Å². The van der Waals surface area contributed by atoms with Gasteiger partial charge in [0, 0.05) is 0 Å². The average Bonchev–Trinajstić information content (AvgIpc) is 2.86. The van der Waals surface area contributed by atoms with Gasteiger partial charge in [0.15, 0.2) is 17.8 Å². The number of hydrogen-bond acceptors (Lipinski definition) is 4. The minimum atomic E-state index is -0.0190. The van der Waals surface area contributed by atoms with Gasteiger partial charge in [-0.2, -0.15) is 0 Å². The van der Waals surface area contributed by atoms with E-state index >= 15 is 0 Å². The molecule has 0 bridgehead atoms. The Morgan fingerprint density at radius 3 is 2.56 bits per heavy atom. The lowest BCUT2D eigenvalue weighted by atomic mass is 10.0. The summed E-state index contributed by atoms with van der Waals surface area (Å²) in [4.78, 5) is 10.8. The van der Waals surface area contributed by atoms with Crippen molar-refractivity contribution in [2.75, 3.05) is 6.79 Å². The van der Waals surface area contributed by atoms with Gasteiger partial charge in [-0.05, 0) is 35.4 Å². The third-order valence-corrected chi connectivity index (χ3v) is 2.86. The summed E-state index contributed by atoms with van der Waals surface area (Å²) in [6, 6.07) is 10.5. The predicted octanol–water partition coefficient (Wildman–Crippen LogP) is 2.60. The van der Waals surface area contributed by atoms with E-state index in [1.54, 1.807) is 12.1 Å². The van der Waals surface area contributed by atoms with Crippen LogP contribution in [0.2, 0.25) is 0 Å². The molecule has 0 aliphatic carbocycles. The Kier molecular flexibility index (Phi) is 2.41. The summed E-state index contributed by atoms with van der Waals surface area (Å²) in [7, 11) is 0. The maximum atomic E-state index is 10.8. The van der Waals surface area contributed by atoms with Gasteiger partial charge >= 0.3 is 0 Å². The molecule has 4 heteroatoms. The Bertz CT molecular complexity index is 619. The van der Waals surface area contributed by atoms with Crippen molar-refractivity contribution in [2.45, 2.75) is 0 Å². The number of hydrogen-bond donors (Lipinski definition) is 1. The second-order valence-electron chi connectivity index (χ2n) is 3.96. The standard InChI is InChI=1S/C14H10O4/c15-7-11-5-9(1-3-12(11)16)10-2-4-13-14(6-10)18-8-17-13/h1-7,16H,8H2. The molecule has 0 unspecified atom stereocenters. The highest BCUT2D eigenvalue weighted by atomic mass is 16.7. The molecule has 18 heavy (non-hydrogen) atoms. The number of benzene rings is 2. The molecule has 0 aromatic heterocycles.